The fraction of sp³-hybridized carbons (Fsp3) is 0.409. The first kappa shape index (κ1) is 22.1. The Balaban J connectivity index is 1.51. The molecule has 0 unspecified atom stereocenters. The number of carbonyl (C=O) groups is 1. The highest BCUT2D eigenvalue weighted by atomic mass is 35.5. The van der Waals surface area contributed by atoms with Crippen LogP contribution in [-0.4, -0.2) is 58.0 Å². The molecule has 31 heavy (non-hydrogen) atoms. The molecule has 0 saturated carbocycles. The first-order valence-corrected chi connectivity index (χ1v) is 12.3. The number of hydrogen-bond acceptors (Lipinski definition) is 5. The van der Waals surface area contributed by atoms with Crippen LogP contribution in [-0.2, 0) is 14.8 Å². The standard InChI is InChI=1S/C22H26ClN3O4S/c23-18-6-9-21(25-12-14-30-15-13-25)20(16-18)24-22(27)17-4-7-19(8-5-17)31(28,29)26-10-2-1-3-11-26/h4-9,16H,1-3,10-15H2,(H,24,27). The van der Waals surface area contributed by atoms with Crippen molar-refractivity contribution in [1.82, 2.24) is 4.31 Å². The number of ether oxygens (including phenoxy) is 1. The van der Waals surface area contributed by atoms with Crippen molar-refractivity contribution in [1.29, 1.82) is 0 Å². The Morgan fingerprint density at radius 1 is 0.935 bits per heavy atom. The lowest BCUT2D eigenvalue weighted by Gasteiger charge is -2.30. The van der Waals surface area contributed by atoms with Crippen LogP contribution in [0.2, 0.25) is 5.02 Å². The van der Waals surface area contributed by atoms with Crippen molar-refractivity contribution in [3.05, 3.63) is 53.1 Å². The summed E-state index contributed by atoms with van der Waals surface area (Å²) in [7, 11) is -3.52. The van der Waals surface area contributed by atoms with Crippen LogP contribution in [0, 0.1) is 0 Å². The van der Waals surface area contributed by atoms with Gasteiger partial charge in [-0.25, -0.2) is 8.42 Å². The number of nitrogens with zero attached hydrogens (tertiary/aromatic N) is 2. The van der Waals surface area contributed by atoms with Gasteiger partial charge >= 0.3 is 0 Å². The molecule has 0 atom stereocenters. The predicted octanol–water partition coefficient (Wildman–Crippen LogP) is 3.60. The summed E-state index contributed by atoms with van der Waals surface area (Å²) in [4.78, 5) is 15.2. The Labute approximate surface area is 188 Å². The highest BCUT2D eigenvalue weighted by Gasteiger charge is 2.26. The molecule has 0 bridgehead atoms. The average Bonchev–Trinajstić information content (AvgIpc) is 2.80. The Hall–Kier alpha value is -2.13. The second-order valence-corrected chi connectivity index (χ2v) is 10.1. The van der Waals surface area contributed by atoms with Gasteiger partial charge in [-0.05, 0) is 55.3 Å². The Kier molecular flexibility index (Phi) is 6.81. The highest BCUT2D eigenvalue weighted by molar-refractivity contribution is 7.89. The van der Waals surface area contributed by atoms with Crippen molar-refractivity contribution in [3.63, 3.8) is 0 Å². The molecule has 2 saturated heterocycles. The van der Waals surface area contributed by atoms with Gasteiger partial charge in [0.05, 0.1) is 29.5 Å². The molecule has 2 aromatic rings. The number of sulfonamides is 1. The van der Waals surface area contributed by atoms with E-state index in [1.54, 1.807) is 24.3 Å². The second-order valence-electron chi connectivity index (χ2n) is 7.70. The molecule has 0 aliphatic carbocycles. The number of nitrogens with one attached hydrogen (secondary N) is 1. The predicted molar refractivity (Wildman–Crippen MR) is 121 cm³/mol. The average molecular weight is 464 g/mol. The Morgan fingerprint density at radius 2 is 1.61 bits per heavy atom. The van der Waals surface area contributed by atoms with Crippen LogP contribution in [0.5, 0.6) is 0 Å². The van der Waals surface area contributed by atoms with E-state index >= 15 is 0 Å². The lowest BCUT2D eigenvalue weighted by molar-refractivity contribution is 0.102. The zero-order valence-electron chi connectivity index (χ0n) is 17.2. The number of benzene rings is 2. The SMILES string of the molecule is O=C(Nc1cc(Cl)ccc1N1CCOCC1)c1ccc(S(=O)(=O)N2CCCCC2)cc1. The summed E-state index contributed by atoms with van der Waals surface area (Å²) in [6.45, 7) is 3.81. The number of hydrogen-bond donors (Lipinski definition) is 1. The fourth-order valence-electron chi connectivity index (χ4n) is 3.92. The molecule has 4 rings (SSSR count). The number of carbonyl (C=O) groups excluding carboxylic acids is 1. The summed E-state index contributed by atoms with van der Waals surface area (Å²) < 4.78 is 32.6. The van der Waals surface area contributed by atoms with Gasteiger partial charge in [-0.1, -0.05) is 18.0 Å². The first-order chi connectivity index (χ1) is 14.9. The maximum atomic E-state index is 12.9. The van der Waals surface area contributed by atoms with Crippen molar-refractivity contribution < 1.29 is 17.9 Å². The van der Waals surface area contributed by atoms with E-state index in [1.165, 1.54) is 16.4 Å². The quantitative estimate of drug-likeness (QED) is 0.732. The minimum absolute atomic E-state index is 0.211. The third-order valence-corrected chi connectivity index (χ3v) is 7.78. The van der Waals surface area contributed by atoms with Crippen LogP contribution in [0.25, 0.3) is 0 Å². The smallest absolute Gasteiger partial charge is 0.255 e. The molecule has 1 amide bonds. The molecular weight excluding hydrogens is 438 g/mol. The van der Waals surface area contributed by atoms with Crippen molar-refractivity contribution >= 4 is 38.9 Å². The first-order valence-electron chi connectivity index (χ1n) is 10.5. The fourth-order valence-corrected chi connectivity index (χ4v) is 5.60. The van der Waals surface area contributed by atoms with Gasteiger partial charge in [-0.2, -0.15) is 4.31 Å². The molecule has 0 radical (unpaired) electrons. The van der Waals surface area contributed by atoms with Gasteiger partial charge in [0.15, 0.2) is 0 Å². The summed E-state index contributed by atoms with van der Waals surface area (Å²) in [5.41, 5.74) is 1.88. The molecule has 2 aromatic carbocycles. The molecule has 0 aromatic heterocycles. The van der Waals surface area contributed by atoms with Crippen molar-refractivity contribution in [2.75, 3.05) is 49.6 Å². The number of piperidine rings is 1. The van der Waals surface area contributed by atoms with Gasteiger partial charge in [0.25, 0.3) is 5.91 Å². The Morgan fingerprint density at radius 3 is 2.29 bits per heavy atom. The van der Waals surface area contributed by atoms with Gasteiger partial charge in [0, 0.05) is 36.8 Å². The summed E-state index contributed by atoms with van der Waals surface area (Å²) in [6, 6.07) is 11.5. The van der Waals surface area contributed by atoms with E-state index in [2.05, 4.69) is 10.2 Å². The Bertz CT molecular complexity index is 1030. The third kappa shape index (κ3) is 5.03. The zero-order chi connectivity index (χ0) is 21.8. The summed E-state index contributed by atoms with van der Waals surface area (Å²) in [5.74, 6) is -0.321. The van der Waals surface area contributed by atoms with Gasteiger partial charge in [-0.3, -0.25) is 4.79 Å². The van der Waals surface area contributed by atoms with Gasteiger partial charge in [0.1, 0.15) is 0 Å². The van der Waals surface area contributed by atoms with Crippen LogP contribution in [0.15, 0.2) is 47.4 Å². The topological polar surface area (TPSA) is 79.0 Å². The van der Waals surface area contributed by atoms with Gasteiger partial charge < -0.3 is 15.0 Å². The van der Waals surface area contributed by atoms with Gasteiger partial charge in [-0.15, -0.1) is 0 Å². The van der Waals surface area contributed by atoms with E-state index in [-0.39, 0.29) is 10.8 Å². The minimum Gasteiger partial charge on any atom is -0.378 e. The van der Waals surface area contributed by atoms with Crippen LogP contribution >= 0.6 is 11.6 Å². The maximum absolute atomic E-state index is 12.9. The number of halogens is 1. The molecule has 0 spiro atoms. The molecular formula is C22H26ClN3O4S. The molecule has 2 fully saturated rings. The lowest BCUT2D eigenvalue weighted by Crippen LogP contribution is -2.36. The zero-order valence-corrected chi connectivity index (χ0v) is 18.8. The van der Waals surface area contributed by atoms with E-state index in [0.717, 1.165) is 38.0 Å². The minimum atomic E-state index is -3.52. The number of amides is 1. The molecule has 166 valence electrons. The molecule has 2 aliphatic heterocycles. The van der Waals surface area contributed by atoms with E-state index in [1.807, 2.05) is 6.07 Å². The number of rotatable bonds is 5. The van der Waals surface area contributed by atoms with Crippen LogP contribution in [0.4, 0.5) is 11.4 Å². The largest absolute Gasteiger partial charge is 0.378 e. The summed E-state index contributed by atoms with van der Waals surface area (Å²) in [5, 5.41) is 3.44. The van der Waals surface area contributed by atoms with Crippen LogP contribution < -0.4 is 10.2 Å². The summed E-state index contributed by atoms with van der Waals surface area (Å²) in [6.07, 6.45) is 2.82. The van der Waals surface area contributed by atoms with Crippen molar-refractivity contribution in [2.24, 2.45) is 0 Å². The number of morpholine rings is 1. The number of anilines is 2. The molecule has 7 nitrogen and oxygen atoms in total. The molecule has 2 aliphatic rings. The molecule has 9 heteroatoms. The highest BCUT2D eigenvalue weighted by Crippen LogP contribution is 2.30. The second kappa shape index (κ2) is 9.56. The van der Waals surface area contributed by atoms with Crippen LogP contribution in [0.1, 0.15) is 29.6 Å². The van der Waals surface area contributed by atoms with E-state index in [4.69, 9.17) is 16.3 Å². The maximum Gasteiger partial charge on any atom is 0.255 e. The summed E-state index contributed by atoms with van der Waals surface area (Å²) >= 11 is 6.16. The monoisotopic (exact) mass is 463 g/mol. The van der Waals surface area contributed by atoms with Gasteiger partial charge in [0.2, 0.25) is 10.0 Å². The van der Waals surface area contributed by atoms with Crippen molar-refractivity contribution in [2.45, 2.75) is 24.2 Å². The normalized spacial score (nSPS) is 18.0. The van der Waals surface area contributed by atoms with E-state index < -0.39 is 10.0 Å². The van der Waals surface area contributed by atoms with E-state index in [9.17, 15) is 13.2 Å². The lowest BCUT2D eigenvalue weighted by atomic mass is 10.2. The molecule has 2 heterocycles. The third-order valence-electron chi connectivity index (χ3n) is 5.63. The van der Waals surface area contributed by atoms with Crippen LogP contribution in [0.3, 0.4) is 0 Å². The van der Waals surface area contributed by atoms with E-state index in [0.29, 0.717) is 42.6 Å². The molecule has 1 N–H and O–H groups in total. The van der Waals surface area contributed by atoms with Crippen molar-refractivity contribution in [3.8, 4) is 0 Å².